The van der Waals surface area contributed by atoms with Crippen LogP contribution in [0.1, 0.15) is 26.2 Å². The van der Waals surface area contributed by atoms with Crippen molar-refractivity contribution in [3.63, 3.8) is 0 Å². The molecule has 0 saturated heterocycles. The van der Waals surface area contributed by atoms with Crippen molar-refractivity contribution >= 4 is 12.0 Å². The summed E-state index contributed by atoms with van der Waals surface area (Å²) in [6.07, 6.45) is 6.19. The van der Waals surface area contributed by atoms with E-state index in [9.17, 15) is 9.59 Å². The second-order valence-electron chi connectivity index (χ2n) is 5.89. The largest absolute Gasteiger partial charge is 0.481 e. The van der Waals surface area contributed by atoms with Gasteiger partial charge in [0.1, 0.15) is 0 Å². The van der Waals surface area contributed by atoms with Crippen molar-refractivity contribution in [2.75, 3.05) is 20.3 Å². The molecule has 2 rings (SSSR count). The van der Waals surface area contributed by atoms with E-state index >= 15 is 0 Å². The molecule has 2 N–H and O–H groups in total. The van der Waals surface area contributed by atoms with E-state index < -0.39 is 11.9 Å². The number of carboxylic acids is 1. The monoisotopic (exact) mass is 296 g/mol. The Morgan fingerprint density at radius 1 is 1.43 bits per heavy atom. The van der Waals surface area contributed by atoms with Gasteiger partial charge in [-0.1, -0.05) is 12.2 Å². The fourth-order valence-electron chi connectivity index (χ4n) is 2.74. The number of hydrogen-bond donors (Lipinski definition) is 2. The first-order valence-electron chi connectivity index (χ1n) is 7.50. The summed E-state index contributed by atoms with van der Waals surface area (Å²) >= 11 is 0. The normalized spacial score (nSPS) is 25.6. The van der Waals surface area contributed by atoms with Crippen LogP contribution in [0.25, 0.3) is 0 Å². The van der Waals surface area contributed by atoms with Crippen molar-refractivity contribution in [1.82, 2.24) is 10.2 Å². The Hall–Kier alpha value is -1.56. The zero-order chi connectivity index (χ0) is 15.4. The number of hydrogen-bond acceptors (Lipinski definition) is 3. The summed E-state index contributed by atoms with van der Waals surface area (Å²) in [5, 5.41) is 11.9. The molecular weight excluding hydrogens is 272 g/mol. The van der Waals surface area contributed by atoms with Crippen LogP contribution in [0.3, 0.4) is 0 Å². The molecule has 0 bridgehead atoms. The quantitative estimate of drug-likeness (QED) is 0.697. The van der Waals surface area contributed by atoms with Crippen LogP contribution in [-0.4, -0.2) is 54.4 Å². The average molecular weight is 296 g/mol. The standard InChI is InChI=1S/C15H24N2O4/c1-10(11-3-4-11)17(7-8-21-2)15(20)16-13-6-5-12(9-13)14(18)19/h5-6,10-13H,3-4,7-9H2,1-2H3,(H,16,20)(H,18,19). The Balaban J connectivity index is 1.89. The van der Waals surface area contributed by atoms with E-state index in [0.29, 0.717) is 25.5 Å². The Bertz CT molecular complexity index is 420. The molecule has 2 aliphatic rings. The molecule has 0 aromatic rings. The van der Waals surface area contributed by atoms with Crippen LogP contribution in [-0.2, 0) is 9.53 Å². The summed E-state index contributed by atoms with van der Waals surface area (Å²) in [5.41, 5.74) is 0. The minimum Gasteiger partial charge on any atom is -0.481 e. The summed E-state index contributed by atoms with van der Waals surface area (Å²) in [6.45, 7) is 3.12. The molecule has 6 nitrogen and oxygen atoms in total. The highest BCUT2D eigenvalue weighted by molar-refractivity contribution is 5.76. The molecule has 6 heteroatoms. The third-order valence-corrected chi connectivity index (χ3v) is 4.30. The van der Waals surface area contributed by atoms with Crippen LogP contribution in [0.4, 0.5) is 4.79 Å². The number of methoxy groups -OCH3 is 1. The molecule has 118 valence electrons. The fourth-order valence-corrected chi connectivity index (χ4v) is 2.74. The molecule has 0 aromatic heterocycles. The topological polar surface area (TPSA) is 78.9 Å². The van der Waals surface area contributed by atoms with Gasteiger partial charge >= 0.3 is 12.0 Å². The molecule has 0 spiro atoms. The molecule has 1 saturated carbocycles. The zero-order valence-electron chi connectivity index (χ0n) is 12.6. The van der Waals surface area contributed by atoms with Gasteiger partial charge in [-0.05, 0) is 32.1 Å². The molecule has 2 aliphatic carbocycles. The smallest absolute Gasteiger partial charge is 0.318 e. The van der Waals surface area contributed by atoms with Gasteiger partial charge in [0.05, 0.1) is 18.6 Å². The van der Waals surface area contributed by atoms with Crippen molar-refractivity contribution < 1.29 is 19.4 Å². The molecule has 0 aromatic carbocycles. The minimum absolute atomic E-state index is 0.132. The van der Waals surface area contributed by atoms with Crippen molar-refractivity contribution in [2.45, 2.75) is 38.3 Å². The third-order valence-electron chi connectivity index (χ3n) is 4.30. The second kappa shape index (κ2) is 6.93. The minimum atomic E-state index is -0.842. The van der Waals surface area contributed by atoms with Gasteiger partial charge in [-0.15, -0.1) is 0 Å². The highest BCUT2D eigenvalue weighted by Crippen LogP contribution is 2.35. The highest BCUT2D eigenvalue weighted by atomic mass is 16.5. The Kier molecular flexibility index (Phi) is 5.22. The van der Waals surface area contributed by atoms with E-state index in [1.54, 1.807) is 19.3 Å². The summed E-state index contributed by atoms with van der Waals surface area (Å²) in [7, 11) is 1.62. The van der Waals surface area contributed by atoms with Gasteiger partial charge in [0.15, 0.2) is 0 Å². The molecule has 0 aliphatic heterocycles. The number of rotatable bonds is 7. The van der Waals surface area contributed by atoms with Crippen LogP contribution in [0.2, 0.25) is 0 Å². The van der Waals surface area contributed by atoms with Crippen LogP contribution in [0, 0.1) is 11.8 Å². The highest BCUT2D eigenvalue weighted by Gasteiger charge is 2.35. The van der Waals surface area contributed by atoms with Gasteiger partial charge in [0.2, 0.25) is 0 Å². The summed E-state index contributed by atoms with van der Waals surface area (Å²) < 4.78 is 5.08. The maximum absolute atomic E-state index is 12.4. The summed E-state index contributed by atoms with van der Waals surface area (Å²) in [5.74, 6) is -0.757. The number of nitrogens with one attached hydrogen (secondary N) is 1. The van der Waals surface area contributed by atoms with Crippen LogP contribution < -0.4 is 5.32 Å². The van der Waals surface area contributed by atoms with Gasteiger partial charge in [0, 0.05) is 19.7 Å². The molecule has 1 fully saturated rings. The molecule has 0 radical (unpaired) electrons. The first-order valence-corrected chi connectivity index (χ1v) is 7.50. The second-order valence-corrected chi connectivity index (χ2v) is 5.89. The first-order chi connectivity index (χ1) is 10.0. The Morgan fingerprint density at radius 3 is 2.67 bits per heavy atom. The number of ether oxygens (including phenoxy) is 1. The first kappa shape index (κ1) is 15.8. The fraction of sp³-hybridized carbons (Fsp3) is 0.733. The Morgan fingerprint density at radius 2 is 2.14 bits per heavy atom. The van der Waals surface area contributed by atoms with Crippen LogP contribution in [0.15, 0.2) is 12.2 Å². The van der Waals surface area contributed by atoms with E-state index in [0.717, 1.165) is 0 Å². The van der Waals surface area contributed by atoms with E-state index in [4.69, 9.17) is 9.84 Å². The molecule has 21 heavy (non-hydrogen) atoms. The Labute approximate surface area is 125 Å². The molecule has 0 heterocycles. The number of aliphatic carboxylic acids is 1. The van der Waals surface area contributed by atoms with Gasteiger partial charge in [-0.3, -0.25) is 4.79 Å². The number of amides is 2. The maximum atomic E-state index is 12.4. The van der Waals surface area contributed by atoms with Gasteiger partial charge in [0.25, 0.3) is 0 Å². The zero-order valence-corrected chi connectivity index (χ0v) is 12.6. The third kappa shape index (κ3) is 4.20. The lowest BCUT2D eigenvalue weighted by molar-refractivity contribution is -0.140. The van der Waals surface area contributed by atoms with Gasteiger partial charge in [-0.25, -0.2) is 4.79 Å². The van der Waals surface area contributed by atoms with Crippen LogP contribution >= 0.6 is 0 Å². The van der Waals surface area contributed by atoms with E-state index in [1.807, 2.05) is 4.90 Å². The molecular formula is C15H24N2O4. The van der Waals surface area contributed by atoms with Crippen molar-refractivity contribution in [2.24, 2.45) is 11.8 Å². The van der Waals surface area contributed by atoms with E-state index in [-0.39, 0.29) is 18.1 Å². The van der Waals surface area contributed by atoms with Gasteiger partial charge < -0.3 is 20.1 Å². The maximum Gasteiger partial charge on any atom is 0.318 e. The van der Waals surface area contributed by atoms with E-state index in [1.165, 1.54) is 12.8 Å². The lowest BCUT2D eigenvalue weighted by Crippen LogP contribution is -2.49. The summed E-state index contributed by atoms with van der Waals surface area (Å²) in [4.78, 5) is 25.2. The summed E-state index contributed by atoms with van der Waals surface area (Å²) in [6, 6.07) is -0.136. The molecule has 2 amide bonds. The molecule has 3 atom stereocenters. The molecule has 3 unspecified atom stereocenters. The van der Waals surface area contributed by atoms with E-state index in [2.05, 4.69) is 12.2 Å². The lowest BCUT2D eigenvalue weighted by Gasteiger charge is -2.30. The number of carbonyl (C=O) groups excluding carboxylic acids is 1. The van der Waals surface area contributed by atoms with Crippen LogP contribution in [0.5, 0.6) is 0 Å². The average Bonchev–Trinajstić information content (AvgIpc) is 3.19. The number of carbonyl (C=O) groups is 2. The predicted molar refractivity (Wildman–Crippen MR) is 78.0 cm³/mol. The van der Waals surface area contributed by atoms with Crippen molar-refractivity contribution in [3.05, 3.63) is 12.2 Å². The predicted octanol–water partition coefficient (Wildman–Crippen LogP) is 1.47. The number of urea groups is 1. The van der Waals surface area contributed by atoms with Crippen molar-refractivity contribution in [1.29, 1.82) is 0 Å². The van der Waals surface area contributed by atoms with Gasteiger partial charge in [-0.2, -0.15) is 0 Å². The number of carboxylic acid groups (broad SMARTS) is 1. The lowest BCUT2D eigenvalue weighted by atomic mass is 10.1. The SMILES string of the molecule is COCCN(C(=O)NC1C=CC(C(=O)O)C1)C(C)C1CC1. The van der Waals surface area contributed by atoms with Crippen molar-refractivity contribution in [3.8, 4) is 0 Å². The number of nitrogens with zero attached hydrogens (tertiary/aromatic N) is 1.